The zero-order chi connectivity index (χ0) is 18.4. The van der Waals surface area contributed by atoms with E-state index in [0.29, 0.717) is 5.71 Å². The van der Waals surface area contributed by atoms with E-state index in [9.17, 15) is 19.7 Å². The first-order valence-electron chi connectivity index (χ1n) is 7.93. The van der Waals surface area contributed by atoms with Crippen molar-refractivity contribution in [3.8, 4) is 0 Å². The summed E-state index contributed by atoms with van der Waals surface area (Å²) in [5.41, 5.74) is 2.63. The number of nitro groups is 1. The van der Waals surface area contributed by atoms with Gasteiger partial charge in [0.25, 0.3) is 11.6 Å². The molecule has 8 nitrogen and oxygen atoms in total. The van der Waals surface area contributed by atoms with Crippen LogP contribution >= 0.6 is 11.6 Å². The minimum Gasteiger partial charge on any atom is -0.353 e. The number of hydrazone groups is 1. The monoisotopic (exact) mass is 366 g/mol. The molecule has 2 N–H and O–H groups in total. The van der Waals surface area contributed by atoms with E-state index in [-0.39, 0.29) is 34.6 Å². The van der Waals surface area contributed by atoms with E-state index in [1.54, 1.807) is 6.92 Å². The molecule has 2 amide bonds. The Morgan fingerprint density at radius 1 is 1.36 bits per heavy atom. The van der Waals surface area contributed by atoms with Crippen molar-refractivity contribution in [2.75, 3.05) is 0 Å². The second-order valence-electron chi connectivity index (χ2n) is 5.94. The summed E-state index contributed by atoms with van der Waals surface area (Å²) in [4.78, 5) is 34.0. The molecule has 0 aliphatic heterocycles. The van der Waals surface area contributed by atoms with Crippen LogP contribution in [-0.2, 0) is 4.79 Å². The van der Waals surface area contributed by atoms with Crippen LogP contribution in [0, 0.1) is 10.1 Å². The number of carbonyl (C=O) groups is 2. The Hall–Kier alpha value is -2.48. The summed E-state index contributed by atoms with van der Waals surface area (Å²) in [5.74, 6) is -0.687. The lowest BCUT2D eigenvalue weighted by atomic mass is 10.2. The Morgan fingerprint density at radius 2 is 2.04 bits per heavy atom. The third kappa shape index (κ3) is 5.53. The molecule has 1 fully saturated rings. The van der Waals surface area contributed by atoms with Crippen molar-refractivity contribution in [3.05, 3.63) is 38.9 Å². The quantitative estimate of drug-likeness (QED) is 0.457. The van der Waals surface area contributed by atoms with Gasteiger partial charge < -0.3 is 5.32 Å². The number of nitrogens with zero attached hydrogens (tertiary/aromatic N) is 2. The van der Waals surface area contributed by atoms with Gasteiger partial charge in [0.15, 0.2) is 0 Å². The van der Waals surface area contributed by atoms with Gasteiger partial charge in [0, 0.05) is 23.4 Å². The lowest BCUT2D eigenvalue weighted by molar-refractivity contribution is -0.384. The highest BCUT2D eigenvalue weighted by Crippen LogP contribution is 2.24. The highest BCUT2D eigenvalue weighted by atomic mass is 35.5. The average molecular weight is 367 g/mol. The van der Waals surface area contributed by atoms with Crippen LogP contribution in [0.25, 0.3) is 0 Å². The lowest BCUT2D eigenvalue weighted by Crippen LogP contribution is -2.33. The van der Waals surface area contributed by atoms with Gasteiger partial charge in [-0.05, 0) is 31.9 Å². The first-order chi connectivity index (χ1) is 11.9. The number of halogens is 1. The van der Waals surface area contributed by atoms with Gasteiger partial charge in [0.05, 0.1) is 11.3 Å². The molecule has 0 saturated heterocycles. The van der Waals surface area contributed by atoms with Crippen LogP contribution in [0.4, 0.5) is 5.69 Å². The number of carbonyl (C=O) groups excluding carboxylic acids is 2. The molecule has 9 heteroatoms. The summed E-state index contributed by atoms with van der Waals surface area (Å²) in [6, 6.07) is 3.88. The third-order valence-corrected chi connectivity index (χ3v) is 4.19. The van der Waals surface area contributed by atoms with Gasteiger partial charge in [0.1, 0.15) is 5.02 Å². The maximum atomic E-state index is 12.0. The number of amides is 2. The molecule has 0 atom stereocenters. The van der Waals surface area contributed by atoms with E-state index in [1.807, 2.05) is 0 Å². The van der Waals surface area contributed by atoms with Crippen molar-refractivity contribution in [1.82, 2.24) is 10.7 Å². The summed E-state index contributed by atoms with van der Waals surface area (Å²) in [6.07, 6.45) is 4.36. The Morgan fingerprint density at radius 3 is 2.64 bits per heavy atom. The van der Waals surface area contributed by atoms with E-state index >= 15 is 0 Å². The smallest absolute Gasteiger partial charge is 0.287 e. The number of hydrogen-bond acceptors (Lipinski definition) is 5. The fraction of sp³-hybridized carbons (Fsp3) is 0.438. The molecule has 134 valence electrons. The second kappa shape index (κ2) is 8.57. The Labute approximate surface area is 149 Å². The lowest BCUT2D eigenvalue weighted by Gasteiger charge is -2.11. The van der Waals surface area contributed by atoms with E-state index < -0.39 is 10.8 Å². The van der Waals surface area contributed by atoms with Crippen LogP contribution in [0.5, 0.6) is 0 Å². The van der Waals surface area contributed by atoms with Crippen LogP contribution in [0.3, 0.4) is 0 Å². The molecule has 0 aromatic heterocycles. The van der Waals surface area contributed by atoms with Crippen LogP contribution in [-0.4, -0.2) is 28.5 Å². The largest absolute Gasteiger partial charge is 0.353 e. The molecule has 0 heterocycles. The number of nitro benzene ring substituents is 1. The SMILES string of the molecule is C/C(CC(=O)NC1CCCC1)=N/NC(=O)c1ccc([N+](=O)[O-])c(Cl)c1. The molecule has 1 aliphatic rings. The van der Waals surface area contributed by atoms with Crippen LogP contribution < -0.4 is 10.7 Å². The Kier molecular flexibility index (Phi) is 6.46. The summed E-state index contributed by atoms with van der Waals surface area (Å²) in [5, 5.41) is 17.4. The van der Waals surface area contributed by atoms with Crippen molar-refractivity contribution in [2.45, 2.75) is 45.1 Å². The standard InChI is InChI=1S/C16H19ClN4O4/c1-10(8-15(22)18-12-4-2-3-5-12)19-20-16(23)11-6-7-14(21(24)25)13(17)9-11/h6-7,9,12H,2-5,8H2,1H3,(H,18,22)(H,20,23)/b19-10-. The molecule has 0 radical (unpaired) electrons. The minimum atomic E-state index is -0.630. The predicted octanol–water partition coefficient (Wildman–Crippen LogP) is 2.80. The van der Waals surface area contributed by atoms with Crippen molar-refractivity contribution in [3.63, 3.8) is 0 Å². The number of hydrogen-bond donors (Lipinski definition) is 2. The van der Waals surface area contributed by atoms with Gasteiger partial charge in [-0.25, -0.2) is 5.43 Å². The molecule has 2 rings (SSSR count). The highest BCUT2D eigenvalue weighted by Gasteiger charge is 2.18. The molecule has 0 bridgehead atoms. The molecule has 0 spiro atoms. The first kappa shape index (κ1) is 18.9. The van der Waals surface area contributed by atoms with Gasteiger partial charge in [-0.15, -0.1) is 0 Å². The van der Waals surface area contributed by atoms with Gasteiger partial charge in [-0.1, -0.05) is 24.4 Å². The normalized spacial score (nSPS) is 15.0. The maximum Gasteiger partial charge on any atom is 0.287 e. The first-order valence-corrected chi connectivity index (χ1v) is 8.31. The molecule has 1 aliphatic carbocycles. The minimum absolute atomic E-state index is 0.0950. The molecule has 1 saturated carbocycles. The van der Waals surface area contributed by atoms with Crippen LogP contribution in [0.1, 0.15) is 49.4 Å². The second-order valence-corrected chi connectivity index (χ2v) is 6.34. The zero-order valence-corrected chi connectivity index (χ0v) is 14.5. The Balaban J connectivity index is 1.89. The molecule has 1 aromatic rings. The molecular formula is C16H19ClN4O4. The van der Waals surface area contributed by atoms with Gasteiger partial charge in [0.2, 0.25) is 5.91 Å². The zero-order valence-electron chi connectivity index (χ0n) is 13.8. The van der Waals surface area contributed by atoms with Crippen LogP contribution in [0.2, 0.25) is 5.02 Å². The summed E-state index contributed by atoms with van der Waals surface area (Å²) < 4.78 is 0. The van der Waals surface area contributed by atoms with Gasteiger partial charge in [-0.3, -0.25) is 19.7 Å². The molecule has 25 heavy (non-hydrogen) atoms. The summed E-state index contributed by atoms with van der Waals surface area (Å²) in [6.45, 7) is 1.64. The van der Waals surface area contributed by atoms with E-state index in [0.717, 1.165) is 31.7 Å². The topological polar surface area (TPSA) is 114 Å². The predicted molar refractivity (Wildman–Crippen MR) is 93.7 cm³/mol. The van der Waals surface area contributed by atoms with E-state index in [1.165, 1.54) is 12.1 Å². The van der Waals surface area contributed by atoms with Crippen molar-refractivity contribution in [1.29, 1.82) is 0 Å². The fourth-order valence-electron chi connectivity index (χ4n) is 2.63. The molecular weight excluding hydrogens is 348 g/mol. The van der Waals surface area contributed by atoms with Gasteiger partial charge in [-0.2, -0.15) is 5.10 Å². The van der Waals surface area contributed by atoms with E-state index in [2.05, 4.69) is 15.8 Å². The summed E-state index contributed by atoms with van der Waals surface area (Å²) >= 11 is 5.77. The van der Waals surface area contributed by atoms with Crippen LogP contribution in [0.15, 0.2) is 23.3 Å². The van der Waals surface area contributed by atoms with Crippen molar-refractivity contribution in [2.24, 2.45) is 5.10 Å². The average Bonchev–Trinajstić information content (AvgIpc) is 3.04. The van der Waals surface area contributed by atoms with E-state index in [4.69, 9.17) is 11.6 Å². The molecule has 0 unspecified atom stereocenters. The van der Waals surface area contributed by atoms with Crippen molar-refractivity contribution >= 4 is 34.8 Å². The van der Waals surface area contributed by atoms with Crippen molar-refractivity contribution < 1.29 is 14.5 Å². The number of nitrogens with one attached hydrogen (secondary N) is 2. The van der Waals surface area contributed by atoms with Gasteiger partial charge >= 0.3 is 0 Å². The number of benzene rings is 1. The Bertz CT molecular complexity index is 714. The summed E-state index contributed by atoms with van der Waals surface area (Å²) in [7, 11) is 0. The maximum absolute atomic E-state index is 12.0. The molecule has 1 aromatic carbocycles. The number of rotatable bonds is 6. The third-order valence-electron chi connectivity index (χ3n) is 3.89. The fourth-order valence-corrected chi connectivity index (χ4v) is 2.88. The highest BCUT2D eigenvalue weighted by molar-refractivity contribution is 6.33.